The Kier molecular flexibility index (Phi) is 5.68. The van der Waals surface area contributed by atoms with E-state index in [1.165, 1.54) is 24.2 Å². The fourth-order valence-corrected chi connectivity index (χ4v) is 3.25. The van der Waals surface area contributed by atoms with Crippen LogP contribution < -0.4 is 4.74 Å². The first-order valence-electron chi connectivity index (χ1n) is 8.28. The molecule has 3 aromatic rings. The molecule has 0 spiro atoms. The Balaban J connectivity index is 1.65. The van der Waals surface area contributed by atoms with Gasteiger partial charge in [0, 0.05) is 5.75 Å². The number of hydrogen-bond acceptors (Lipinski definition) is 6. The normalized spacial score (nSPS) is 10.7. The van der Waals surface area contributed by atoms with Gasteiger partial charge in [-0.3, -0.25) is 4.79 Å². The highest BCUT2D eigenvalue weighted by Crippen LogP contribution is 2.23. The minimum atomic E-state index is -0.00730. The minimum Gasteiger partial charge on any atom is -0.492 e. The van der Waals surface area contributed by atoms with Crippen LogP contribution in [0.1, 0.15) is 28.4 Å². The highest BCUT2D eigenvalue weighted by molar-refractivity contribution is 7.99. The number of carbonyl (C=O) groups is 1. The zero-order valence-electron chi connectivity index (χ0n) is 15.0. The summed E-state index contributed by atoms with van der Waals surface area (Å²) in [5, 5.41) is 12.7. The first-order chi connectivity index (χ1) is 12.6. The number of Topliss-reactive ketones (excluding diaryl/α,β-unsaturated/α-hetero) is 1. The summed E-state index contributed by atoms with van der Waals surface area (Å²) < 4.78 is 7.51. The zero-order valence-corrected chi connectivity index (χ0v) is 15.8. The van der Waals surface area contributed by atoms with E-state index < -0.39 is 0 Å². The molecule has 2 aromatic carbocycles. The average Bonchev–Trinajstić information content (AvgIpc) is 3.09. The molecule has 0 aliphatic heterocycles. The fraction of sp³-hybridized carbons (Fsp3) is 0.263. The molecule has 0 saturated carbocycles. The van der Waals surface area contributed by atoms with Crippen LogP contribution in [0.4, 0.5) is 0 Å². The van der Waals surface area contributed by atoms with Gasteiger partial charge in [0.1, 0.15) is 5.75 Å². The van der Waals surface area contributed by atoms with E-state index in [-0.39, 0.29) is 5.78 Å². The molecule has 0 unspecified atom stereocenters. The molecule has 0 aliphatic rings. The number of aromatic nitrogens is 4. The summed E-state index contributed by atoms with van der Waals surface area (Å²) in [6.45, 7) is 6.11. The molecule has 3 rings (SSSR count). The van der Waals surface area contributed by atoms with Gasteiger partial charge in [0.2, 0.25) is 5.16 Å². The van der Waals surface area contributed by atoms with E-state index in [0.29, 0.717) is 28.8 Å². The molecule has 0 aliphatic carbocycles. The van der Waals surface area contributed by atoms with Gasteiger partial charge in [-0.15, -0.1) is 5.10 Å². The van der Waals surface area contributed by atoms with Crippen LogP contribution in [0.2, 0.25) is 0 Å². The van der Waals surface area contributed by atoms with Crippen molar-refractivity contribution in [3.8, 4) is 11.4 Å². The van der Waals surface area contributed by atoms with Gasteiger partial charge in [-0.25, -0.2) is 0 Å². The number of hydrogen-bond donors (Lipinski definition) is 0. The first-order valence-corrected chi connectivity index (χ1v) is 9.27. The standard InChI is InChI=1S/C19H20N4O2S/c1-13-7-6-9-17(14(13)2)23-19(20-21-22-23)26-12-11-25-18-10-5-4-8-16(18)15(3)24/h4-10H,11-12H2,1-3H3. The second-order valence-corrected chi connectivity index (χ2v) is 6.90. The van der Waals surface area contributed by atoms with E-state index >= 15 is 0 Å². The number of nitrogens with zero attached hydrogens (tertiary/aromatic N) is 4. The van der Waals surface area contributed by atoms with Gasteiger partial charge in [0.25, 0.3) is 0 Å². The van der Waals surface area contributed by atoms with Crippen LogP contribution in [0, 0.1) is 13.8 Å². The predicted molar refractivity (Wildman–Crippen MR) is 101 cm³/mol. The number of ether oxygens (including phenoxy) is 1. The Bertz CT molecular complexity index is 923. The average molecular weight is 368 g/mol. The zero-order chi connectivity index (χ0) is 18.5. The van der Waals surface area contributed by atoms with Crippen LogP contribution in [0.25, 0.3) is 5.69 Å². The van der Waals surface area contributed by atoms with Crippen molar-refractivity contribution < 1.29 is 9.53 Å². The van der Waals surface area contributed by atoms with Crippen molar-refractivity contribution in [1.82, 2.24) is 20.2 Å². The maximum Gasteiger partial charge on any atom is 0.214 e. The second-order valence-electron chi connectivity index (χ2n) is 5.84. The third kappa shape index (κ3) is 3.94. The summed E-state index contributed by atoms with van der Waals surface area (Å²) in [5.74, 6) is 1.26. The van der Waals surface area contributed by atoms with Gasteiger partial charge in [-0.1, -0.05) is 36.0 Å². The lowest BCUT2D eigenvalue weighted by Gasteiger charge is -2.11. The topological polar surface area (TPSA) is 69.9 Å². The summed E-state index contributed by atoms with van der Waals surface area (Å²) >= 11 is 1.51. The maximum atomic E-state index is 11.6. The molecule has 0 radical (unpaired) electrons. The van der Waals surface area contributed by atoms with Crippen LogP contribution in [-0.2, 0) is 0 Å². The Morgan fingerprint density at radius 3 is 2.77 bits per heavy atom. The van der Waals surface area contributed by atoms with E-state index in [0.717, 1.165) is 11.3 Å². The molecule has 1 aromatic heterocycles. The highest BCUT2D eigenvalue weighted by atomic mass is 32.2. The molecule has 0 amide bonds. The van der Waals surface area contributed by atoms with Gasteiger partial charge in [-0.2, -0.15) is 4.68 Å². The molecule has 1 heterocycles. The summed E-state index contributed by atoms with van der Waals surface area (Å²) in [6.07, 6.45) is 0. The van der Waals surface area contributed by atoms with Gasteiger partial charge in [0.15, 0.2) is 5.78 Å². The van der Waals surface area contributed by atoms with Crippen LogP contribution in [0.15, 0.2) is 47.6 Å². The minimum absolute atomic E-state index is 0.00730. The fourth-order valence-electron chi connectivity index (χ4n) is 2.55. The van der Waals surface area contributed by atoms with Crippen molar-refractivity contribution in [2.24, 2.45) is 0 Å². The van der Waals surface area contributed by atoms with Gasteiger partial charge >= 0.3 is 0 Å². The maximum absolute atomic E-state index is 11.6. The Morgan fingerprint density at radius 1 is 1.15 bits per heavy atom. The van der Waals surface area contributed by atoms with Gasteiger partial charge < -0.3 is 4.74 Å². The molecular formula is C19H20N4O2S. The molecule has 0 atom stereocenters. The third-order valence-corrected chi connectivity index (χ3v) is 4.97. The molecule has 0 fully saturated rings. The monoisotopic (exact) mass is 368 g/mol. The molecule has 0 saturated heterocycles. The van der Waals surface area contributed by atoms with Crippen molar-refractivity contribution in [3.63, 3.8) is 0 Å². The Labute approximate surface area is 156 Å². The van der Waals surface area contributed by atoms with Crippen LogP contribution in [0.5, 0.6) is 5.75 Å². The molecule has 134 valence electrons. The molecule has 26 heavy (non-hydrogen) atoms. The second kappa shape index (κ2) is 8.14. The Hall–Kier alpha value is -2.67. The van der Waals surface area contributed by atoms with Crippen molar-refractivity contribution >= 4 is 17.5 Å². The van der Waals surface area contributed by atoms with E-state index in [1.807, 2.05) is 30.3 Å². The third-order valence-electron chi connectivity index (χ3n) is 4.08. The van der Waals surface area contributed by atoms with Gasteiger partial charge in [0.05, 0.1) is 17.9 Å². The Morgan fingerprint density at radius 2 is 1.96 bits per heavy atom. The number of para-hydroxylation sites is 1. The lowest BCUT2D eigenvalue weighted by atomic mass is 10.1. The van der Waals surface area contributed by atoms with Gasteiger partial charge in [-0.05, 0) is 60.5 Å². The number of tetrazole rings is 1. The van der Waals surface area contributed by atoms with Crippen molar-refractivity contribution in [2.75, 3.05) is 12.4 Å². The SMILES string of the molecule is CC(=O)c1ccccc1OCCSc1nnnn1-c1cccc(C)c1C. The molecule has 0 N–H and O–H groups in total. The molecular weight excluding hydrogens is 348 g/mol. The summed E-state index contributed by atoms with van der Waals surface area (Å²) in [4.78, 5) is 11.6. The summed E-state index contributed by atoms with van der Waals surface area (Å²) in [7, 11) is 0. The van der Waals surface area contributed by atoms with Crippen molar-refractivity contribution in [3.05, 3.63) is 59.2 Å². The van der Waals surface area contributed by atoms with Crippen LogP contribution >= 0.6 is 11.8 Å². The first kappa shape index (κ1) is 18.1. The molecule has 0 bridgehead atoms. The number of ketones is 1. The van der Waals surface area contributed by atoms with E-state index in [2.05, 4.69) is 35.4 Å². The summed E-state index contributed by atoms with van der Waals surface area (Å²) in [5.41, 5.74) is 3.91. The predicted octanol–water partition coefficient (Wildman–Crippen LogP) is 3.65. The smallest absolute Gasteiger partial charge is 0.214 e. The number of carbonyl (C=O) groups excluding carboxylic acids is 1. The van der Waals surface area contributed by atoms with E-state index in [1.54, 1.807) is 10.7 Å². The van der Waals surface area contributed by atoms with Crippen molar-refractivity contribution in [2.45, 2.75) is 25.9 Å². The number of aryl methyl sites for hydroxylation is 1. The summed E-state index contributed by atoms with van der Waals surface area (Å²) in [6, 6.07) is 13.3. The highest BCUT2D eigenvalue weighted by Gasteiger charge is 2.12. The van der Waals surface area contributed by atoms with E-state index in [4.69, 9.17) is 4.74 Å². The van der Waals surface area contributed by atoms with Crippen molar-refractivity contribution in [1.29, 1.82) is 0 Å². The lowest BCUT2D eigenvalue weighted by molar-refractivity contribution is 0.101. The number of rotatable bonds is 7. The lowest BCUT2D eigenvalue weighted by Crippen LogP contribution is -2.06. The van der Waals surface area contributed by atoms with Crippen LogP contribution in [-0.4, -0.2) is 38.4 Å². The van der Waals surface area contributed by atoms with E-state index in [9.17, 15) is 4.79 Å². The largest absolute Gasteiger partial charge is 0.492 e. The molecule has 7 heteroatoms. The number of benzene rings is 2. The molecule has 6 nitrogen and oxygen atoms in total. The number of thioether (sulfide) groups is 1. The van der Waals surface area contributed by atoms with Crippen LogP contribution in [0.3, 0.4) is 0 Å². The quantitative estimate of drug-likeness (QED) is 0.360.